The fourth-order valence-electron chi connectivity index (χ4n) is 4.93. The van der Waals surface area contributed by atoms with Crippen LogP contribution in [0, 0.1) is 17.2 Å². The number of fused-ring (bicyclic) bond motifs is 3. The van der Waals surface area contributed by atoms with Crippen LogP contribution >= 0.6 is 0 Å². The third kappa shape index (κ3) is 4.69. The molecule has 4 heterocycles. The molecule has 0 atom stereocenters. The number of nitrogens with one attached hydrogen (secondary N) is 1. The first kappa shape index (κ1) is 23.0. The lowest BCUT2D eigenvalue weighted by Gasteiger charge is -2.22. The van der Waals surface area contributed by atoms with Gasteiger partial charge in [-0.3, -0.25) is 9.36 Å². The highest BCUT2D eigenvalue weighted by atomic mass is 16.5. The molecule has 1 saturated heterocycles. The normalized spacial score (nSPS) is 14.1. The third-order valence-electron chi connectivity index (χ3n) is 6.96. The summed E-state index contributed by atoms with van der Waals surface area (Å²) in [5.41, 5.74) is 4.00. The van der Waals surface area contributed by atoms with Crippen LogP contribution in [0.3, 0.4) is 0 Å². The minimum Gasteiger partial charge on any atom is -0.490 e. The minimum absolute atomic E-state index is 0.0901. The van der Waals surface area contributed by atoms with E-state index in [0.29, 0.717) is 36.2 Å². The topological polar surface area (TPSA) is 97.2 Å². The van der Waals surface area contributed by atoms with Crippen molar-refractivity contribution in [2.75, 3.05) is 19.7 Å². The lowest BCUT2D eigenvalue weighted by Crippen LogP contribution is -2.30. The Kier molecular flexibility index (Phi) is 6.13. The maximum absolute atomic E-state index is 12.9. The van der Waals surface area contributed by atoms with Crippen LogP contribution in [-0.4, -0.2) is 38.6 Å². The number of ether oxygens (including phenoxy) is 1. The number of piperidine rings is 1. The van der Waals surface area contributed by atoms with Crippen molar-refractivity contribution in [2.24, 2.45) is 5.92 Å². The number of aromatic nitrogens is 4. The first-order valence-corrected chi connectivity index (χ1v) is 12.5. The van der Waals surface area contributed by atoms with E-state index >= 15 is 0 Å². The van der Waals surface area contributed by atoms with E-state index in [9.17, 15) is 10.1 Å². The first-order chi connectivity index (χ1) is 18.2. The molecule has 0 radical (unpaired) electrons. The number of rotatable bonds is 6. The lowest BCUT2D eigenvalue weighted by molar-refractivity contribution is 0.214. The molecule has 0 amide bonds. The second-order valence-corrected chi connectivity index (χ2v) is 9.45. The first-order valence-electron chi connectivity index (χ1n) is 12.5. The summed E-state index contributed by atoms with van der Waals surface area (Å²) in [4.78, 5) is 21.9. The number of benzene rings is 2. The van der Waals surface area contributed by atoms with E-state index < -0.39 is 0 Å². The van der Waals surface area contributed by atoms with Crippen LogP contribution in [-0.2, 0) is 6.54 Å². The van der Waals surface area contributed by atoms with Crippen LogP contribution in [0.25, 0.3) is 27.9 Å². The standard InChI is InChI=1S/C29H26N6O2/c30-15-21-4-5-23-14-27-34(26(23)13-21)11-8-28(36)35(27)18-22-2-1-3-24(12-22)29-32-16-25(17-33-29)37-19-20-6-9-31-10-7-20/h1-5,8,11-14,16-17,20,31H,6-7,9-10,18-19H2. The van der Waals surface area contributed by atoms with Crippen LogP contribution in [0.1, 0.15) is 24.0 Å². The van der Waals surface area contributed by atoms with Gasteiger partial charge in [0.15, 0.2) is 11.6 Å². The zero-order valence-corrected chi connectivity index (χ0v) is 20.3. The van der Waals surface area contributed by atoms with E-state index in [2.05, 4.69) is 21.4 Å². The van der Waals surface area contributed by atoms with Gasteiger partial charge in [-0.05, 0) is 61.7 Å². The Morgan fingerprint density at radius 1 is 1.05 bits per heavy atom. The Labute approximate surface area is 213 Å². The van der Waals surface area contributed by atoms with E-state index in [1.807, 2.05) is 46.9 Å². The van der Waals surface area contributed by atoms with E-state index in [0.717, 1.165) is 53.6 Å². The molecular weight excluding hydrogens is 464 g/mol. The van der Waals surface area contributed by atoms with Gasteiger partial charge < -0.3 is 14.5 Å². The fraction of sp³-hybridized carbons (Fsp3) is 0.241. The van der Waals surface area contributed by atoms with Gasteiger partial charge in [-0.15, -0.1) is 0 Å². The average Bonchev–Trinajstić information content (AvgIpc) is 3.32. The number of nitrogens with zero attached hydrogens (tertiary/aromatic N) is 5. The van der Waals surface area contributed by atoms with Crippen LogP contribution < -0.4 is 15.6 Å². The highest BCUT2D eigenvalue weighted by molar-refractivity contribution is 5.87. The van der Waals surface area contributed by atoms with Crippen LogP contribution in [0.4, 0.5) is 0 Å². The smallest absolute Gasteiger partial charge is 0.253 e. The molecule has 8 nitrogen and oxygen atoms in total. The zero-order chi connectivity index (χ0) is 25.2. The van der Waals surface area contributed by atoms with Gasteiger partial charge in [-0.25, -0.2) is 9.97 Å². The molecule has 0 unspecified atom stereocenters. The molecule has 1 fully saturated rings. The molecular formula is C29H26N6O2. The fourth-order valence-corrected chi connectivity index (χ4v) is 4.93. The van der Waals surface area contributed by atoms with Crippen molar-refractivity contribution < 1.29 is 4.74 Å². The minimum atomic E-state index is -0.0901. The average molecular weight is 491 g/mol. The van der Waals surface area contributed by atoms with Crippen LogP contribution in [0.15, 0.2) is 78.0 Å². The van der Waals surface area contributed by atoms with Crippen molar-refractivity contribution in [2.45, 2.75) is 19.4 Å². The maximum Gasteiger partial charge on any atom is 0.253 e. The lowest BCUT2D eigenvalue weighted by atomic mass is 9.99. The monoisotopic (exact) mass is 490 g/mol. The summed E-state index contributed by atoms with van der Waals surface area (Å²) in [5.74, 6) is 1.85. The summed E-state index contributed by atoms with van der Waals surface area (Å²) in [6.45, 7) is 3.18. The molecule has 0 spiro atoms. The van der Waals surface area contributed by atoms with Crippen molar-refractivity contribution in [3.63, 3.8) is 0 Å². The molecule has 184 valence electrons. The summed E-state index contributed by atoms with van der Waals surface area (Å²) in [7, 11) is 0. The van der Waals surface area contributed by atoms with Crippen molar-refractivity contribution in [3.8, 4) is 23.2 Å². The van der Waals surface area contributed by atoms with Crippen LogP contribution in [0.2, 0.25) is 0 Å². The Bertz CT molecular complexity index is 1670. The molecule has 3 aromatic heterocycles. The van der Waals surface area contributed by atoms with E-state index in [4.69, 9.17) is 4.74 Å². The van der Waals surface area contributed by atoms with Crippen molar-refractivity contribution in [3.05, 3.63) is 94.7 Å². The zero-order valence-electron chi connectivity index (χ0n) is 20.3. The molecule has 2 aromatic carbocycles. The summed E-state index contributed by atoms with van der Waals surface area (Å²) < 4.78 is 9.61. The van der Waals surface area contributed by atoms with E-state index in [-0.39, 0.29) is 5.56 Å². The van der Waals surface area contributed by atoms with Gasteiger partial charge >= 0.3 is 0 Å². The Hall–Kier alpha value is -4.48. The molecule has 1 aliphatic heterocycles. The predicted octanol–water partition coefficient (Wildman–Crippen LogP) is 4.01. The molecule has 1 N–H and O–H groups in total. The summed E-state index contributed by atoms with van der Waals surface area (Å²) >= 11 is 0. The highest BCUT2D eigenvalue weighted by Crippen LogP contribution is 2.23. The molecule has 0 aliphatic carbocycles. The van der Waals surface area contributed by atoms with E-state index in [1.165, 1.54) is 0 Å². The molecule has 1 aliphatic rings. The second kappa shape index (κ2) is 9.88. The van der Waals surface area contributed by atoms with Crippen LogP contribution in [0.5, 0.6) is 5.75 Å². The number of nitriles is 1. The summed E-state index contributed by atoms with van der Waals surface area (Å²) in [6.07, 6.45) is 7.47. The predicted molar refractivity (Wildman–Crippen MR) is 142 cm³/mol. The van der Waals surface area contributed by atoms with Crippen molar-refractivity contribution in [1.82, 2.24) is 24.3 Å². The second-order valence-electron chi connectivity index (χ2n) is 9.45. The molecule has 5 aromatic rings. The molecule has 8 heteroatoms. The molecule has 37 heavy (non-hydrogen) atoms. The molecule has 0 saturated carbocycles. The Morgan fingerprint density at radius 2 is 1.89 bits per heavy atom. The Morgan fingerprint density at radius 3 is 2.70 bits per heavy atom. The van der Waals surface area contributed by atoms with Gasteiger partial charge in [0.25, 0.3) is 5.56 Å². The highest BCUT2D eigenvalue weighted by Gasteiger charge is 2.14. The van der Waals surface area contributed by atoms with Crippen molar-refractivity contribution in [1.29, 1.82) is 5.26 Å². The summed E-state index contributed by atoms with van der Waals surface area (Å²) in [5, 5.41) is 13.6. The van der Waals surface area contributed by atoms with Gasteiger partial charge in [-0.1, -0.05) is 24.3 Å². The molecule has 0 bridgehead atoms. The SMILES string of the molecule is N#Cc1ccc2cc3n(Cc4cccc(-c5ncc(OCC6CCNCC6)cn5)c4)c(=O)ccn3c2c1. The van der Waals surface area contributed by atoms with Gasteiger partial charge in [0.2, 0.25) is 0 Å². The van der Waals surface area contributed by atoms with Gasteiger partial charge in [0.05, 0.1) is 42.7 Å². The number of hydrogen-bond donors (Lipinski definition) is 1. The van der Waals surface area contributed by atoms with Gasteiger partial charge in [0, 0.05) is 23.2 Å². The Balaban J connectivity index is 1.24. The number of hydrogen-bond acceptors (Lipinski definition) is 6. The summed E-state index contributed by atoms with van der Waals surface area (Å²) in [6, 6.07) is 19.2. The quantitative estimate of drug-likeness (QED) is 0.386. The van der Waals surface area contributed by atoms with E-state index in [1.54, 1.807) is 35.3 Å². The molecule has 6 rings (SSSR count). The maximum atomic E-state index is 12.9. The third-order valence-corrected chi connectivity index (χ3v) is 6.96. The van der Waals surface area contributed by atoms with Gasteiger partial charge in [0.1, 0.15) is 5.65 Å². The largest absolute Gasteiger partial charge is 0.490 e. The van der Waals surface area contributed by atoms with Gasteiger partial charge in [-0.2, -0.15) is 5.26 Å². The van der Waals surface area contributed by atoms with Crippen molar-refractivity contribution >= 4 is 16.6 Å².